The van der Waals surface area contributed by atoms with Crippen LogP contribution in [0, 0.1) is 12.8 Å². The second-order valence-electron chi connectivity index (χ2n) is 3.73. The molecule has 0 unspecified atom stereocenters. The first-order chi connectivity index (χ1) is 7.20. The molecule has 1 aromatic heterocycles. The Bertz CT molecular complexity index is 373. The Labute approximate surface area is 88.5 Å². The van der Waals surface area contributed by atoms with Crippen molar-refractivity contribution in [2.75, 3.05) is 25.0 Å². The van der Waals surface area contributed by atoms with Gasteiger partial charge in [0.15, 0.2) is 0 Å². The lowest BCUT2D eigenvalue weighted by Crippen LogP contribution is -2.53. The molecule has 0 aliphatic carbocycles. The molecule has 1 fully saturated rings. The number of rotatable bonds is 2. The molecule has 0 saturated carbocycles. The molecule has 0 radical (unpaired) electrons. The van der Waals surface area contributed by atoms with Crippen molar-refractivity contribution in [1.82, 2.24) is 15.3 Å². The van der Waals surface area contributed by atoms with Gasteiger partial charge in [0.2, 0.25) is 5.91 Å². The lowest BCUT2D eigenvalue weighted by Gasteiger charge is -2.38. The van der Waals surface area contributed by atoms with Crippen molar-refractivity contribution in [2.24, 2.45) is 5.92 Å². The van der Waals surface area contributed by atoms with Gasteiger partial charge in [0.1, 0.15) is 5.82 Å². The van der Waals surface area contributed by atoms with Crippen LogP contribution in [0.5, 0.6) is 0 Å². The van der Waals surface area contributed by atoms with Crippen LogP contribution in [-0.2, 0) is 4.79 Å². The van der Waals surface area contributed by atoms with E-state index < -0.39 is 0 Å². The predicted molar refractivity (Wildman–Crippen MR) is 56.5 cm³/mol. The van der Waals surface area contributed by atoms with Gasteiger partial charge in [-0.05, 0) is 6.92 Å². The molecule has 0 aromatic carbocycles. The fourth-order valence-electron chi connectivity index (χ4n) is 1.64. The molecule has 80 valence electrons. The van der Waals surface area contributed by atoms with Crippen molar-refractivity contribution in [3.05, 3.63) is 18.1 Å². The molecule has 2 rings (SSSR count). The van der Waals surface area contributed by atoms with Gasteiger partial charge >= 0.3 is 0 Å². The van der Waals surface area contributed by atoms with Crippen molar-refractivity contribution in [3.8, 4) is 0 Å². The average Bonchev–Trinajstić information content (AvgIpc) is 2.15. The van der Waals surface area contributed by atoms with Crippen molar-refractivity contribution in [1.29, 1.82) is 0 Å². The Hall–Kier alpha value is -1.65. The molecule has 5 heteroatoms. The van der Waals surface area contributed by atoms with Gasteiger partial charge < -0.3 is 10.2 Å². The minimum Gasteiger partial charge on any atom is -0.359 e. The number of nitrogens with zero attached hydrogens (tertiary/aromatic N) is 3. The van der Waals surface area contributed by atoms with Crippen molar-refractivity contribution in [2.45, 2.75) is 6.92 Å². The quantitative estimate of drug-likeness (QED) is 0.738. The number of hydrogen-bond acceptors (Lipinski definition) is 4. The maximum absolute atomic E-state index is 11.3. The molecule has 1 aromatic rings. The highest BCUT2D eigenvalue weighted by Crippen LogP contribution is 2.21. The van der Waals surface area contributed by atoms with Gasteiger partial charge in [-0.25, -0.2) is 4.98 Å². The highest BCUT2D eigenvalue weighted by Gasteiger charge is 2.32. The molecule has 2 heterocycles. The molecule has 1 N–H and O–H groups in total. The number of amides is 1. The Morgan fingerprint density at radius 3 is 2.87 bits per heavy atom. The zero-order chi connectivity index (χ0) is 10.8. The van der Waals surface area contributed by atoms with Gasteiger partial charge in [0.05, 0.1) is 17.8 Å². The standard InChI is InChI=1S/C10H14N4O/c1-7-3-12-4-9(13-7)14-5-8(6-14)10(15)11-2/h3-4,8H,5-6H2,1-2H3,(H,11,15). The first-order valence-corrected chi connectivity index (χ1v) is 4.96. The van der Waals surface area contributed by atoms with Crippen LogP contribution < -0.4 is 10.2 Å². The van der Waals surface area contributed by atoms with Gasteiger partial charge in [-0.2, -0.15) is 0 Å². The number of anilines is 1. The van der Waals surface area contributed by atoms with E-state index in [1.807, 2.05) is 6.92 Å². The highest BCUT2D eigenvalue weighted by atomic mass is 16.1. The van der Waals surface area contributed by atoms with Crippen LogP contribution in [0.25, 0.3) is 0 Å². The molecule has 1 saturated heterocycles. The van der Waals surface area contributed by atoms with E-state index in [1.165, 1.54) is 0 Å². The van der Waals surface area contributed by atoms with Crippen molar-refractivity contribution in [3.63, 3.8) is 0 Å². The summed E-state index contributed by atoms with van der Waals surface area (Å²) >= 11 is 0. The summed E-state index contributed by atoms with van der Waals surface area (Å²) in [6, 6.07) is 0. The third kappa shape index (κ3) is 1.91. The second-order valence-corrected chi connectivity index (χ2v) is 3.73. The van der Waals surface area contributed by atoms with Gasteiger partial charge in [-0.15, -0.1) is 0 Å². The third-order valence-electron chi connectivity index (χ3n) is 2.57. The minimum atomic E-state index is 0.0947. The number of nitrogens with one attached hydrogen (secondary N) is 1. The van der Waals surface area contributed by atoms with Crippen LogP contribution in [0.3, 0.4) is 0 Å². The monoisotopic (exact) mass is 206 g/mol. The van der Waals surface area contributed by atoms with Gasteiger partial charge in [0.25, 0.3) is 0 Å². The SMILES string of the molecule is CNC(=O)C1CN(c2cncc(C)n2)C1. The van der Waals surface area contributed by atoms with Crippen LogP contribution in [0.1, 0.15) is 5.69 Å². The Morgan fingerprint density at radius 2 is 2.27 bits per heavy atom. The van der Waals surface area contributed by atoms with E-state index in [9.17, 15) is 4.79 Å². The molecule has 1 aliphatic rings. The van der Waals surface area contributed by atoms with Crippen LogP contribution >= 0.6 is 0 Å². The number of carbonyl (C=O) groups is 1. The Balaban J connectivity index is 1.97. The van der Waals surface area contributed by atoms with E-state index in [1.54, 1.807) is 19.4 Å². The fourth-order valence-corrected chi connectivity index (χ4v) is 1.64. The summed E-state index contributed by atoms with van der Waals surface area (Å²) in [5.74, 6) is 1.05. The molecule has 0 bridgehead atoms. The van der Waals surface area contributed by atoms with Gasteiger partial charge in [-0.1, -0.05) is 0 Å². The van der Waals surface area contributed by atoms with E-state index in [0.29, 0.717) is 0 Å². The Kier molecular flexibility index (Phi) is 2.53. The number of aromatic nitrogens is 2. The summed E-state index contributed by atoms with van der Waals surface area (Å²) in [5.41, 5.74) is 0.899. The topological polar surface area (TPSA) is 58.1 Å². The van der Waals surface area contributed by atoms with E-state index >= 15 is 0 Å². The second kappa shape index (κ2) is 3.84. The maximum atomic E-state index is 11.3. The summed E-state index contributed by atoms with van der Waals surface area (Å²) in [6.45, 7) is 3.38. The number of aryl methyl sites for hydroxylation is 1. The molecule has 1 aliphatic heterocycles. The summed E-state index contributed by atoms with van der Waals surface area (Å²) in [7, 11) is 1.66. The summed E-state index contributed by atoms with van der Waals surface area (Å²) in [5, 5.41) is 2.65. The summed E-state index contributed by atoms with van der Waals surface area (Å²) in [6.07, 6.45) is 3.45. The zero-order valence-corrected chi connectivity index (χ0v) is 8.90. The van der Waals surface area contributed by atoms with E-state index in [0.717, 1.165) is 24.6 Å². The molecular formula is C10H14N4O. The van der Waals surface area contributed by atoms with Crippen LogP contribution in [0.15, 0.2) is 12.4 Å². The van der Waals surface area contributed by atoms with Crippen molar-refractivity contribution < 1.29 is 4.79 Å². The highest BCUT2D eigenvalue weighted by molar-refractivity contribution is 5.81. The average molecular weight is 206 g/mol. The smallest absolute Gasteiger partial charge is 0.226 e. The number of carbonyl (C=O) groups excluding carboxylic acids is 1. The van der Waals surface area contributed by atoms with Crippen molar-refractivity contribution >= 4 is 11.7 Å². The maximum Gasteiger partial charge on any atom is 0.226 e. The predicted octanol–water partition coefficient (Wildman–Crippen LogP) is -0.0328. The molecule has 0 atom stereocenters. The Morgan fingerprint density at radius 1 is 1.53 bits per heavy atom. The summed E-state index contributed by atoms with van der Waals surface area (Å²) in [4.78, 5) is 21.7. The third-order valence-corrected chi connectivity index (χ3v) is 2.57. The first-order valence-electron chi connectivity index (χ1n) is 4.96. The van der Waals surface area contributed by atoms with Crippen LogP contribution in [-0.4, -0.2) is 36.0 Å². The van der Waals surface area contributed by atoms with Gasteiger partial charge in [0, 0.05) is 26.3 Å². The molecule has 15 heavy (non-hydrogen) atoms. The molecule has 5 nitrogen and oxygen atoms in total. The number of hydrogen-bond donors (Lipinski definition) is 1. The van der Waals surface area contributed by atoms with Gasteiger partial charge in [-0.3, -0.25) is 9.78 Å². The summed E-state index contributed by atoms with van der Waals surface area (Å²) < 4.78 is 0. The first kappa shape index (κ1) is 9.89. The fraction of sp³-hybridized carbons (Fsp3) is 0.500. The van der Waals surface area contributed by atoms with E-state index in [-0.39, 0.29) is 11.8 Å². The van der Waals surface area contributed by atoms with E-state index in [4.69, 9.17) is 0 Å². The molecular weight excluding hydrogens is 192 g/mol. The van der Waals surface area contributed by atoms with E-state index in [2.05, 4.69) is 20.2 Å². The lowest BCUT2D eigenvalue weighted by molar-refractivity contribution is -0.125. The minimum absolute atomic E-state index is 0.0947. The lowest BCUT2D eigenvalue weighted by atomic mass is 9.99. The van der Waals surface area contributed by atoms with Crippen LogP contribution in [0.4, 0.5) is 5.82 Å². The zero-order valence-electron chi connectivity index (χ0n) is 8.90. The largest absolute Gasteiger partial charge is 0.359 e. The molecule has 1 amide bonds. The van der Waals surface area contributed by atoms with Crippen LogP contribution in [0.2, 0.25) is 0 Å². The normalized spacial score (nSPS) is 16.0. The molecule has 0 spiro atoms.